The molecular formula is C14H28N2O2. The molecule has 1 N–H and O–H groups in total. The Bertz CT molecular complexity index is 255. The lowest BCUT2D eigenvalue weighted by molar-refractivity contribution is -0.132. The van der Waals surface area contributed by atoms with Crippen molar-refractivity contribution < 1.29 is 9.53 Å². The minimum absolute atomic E-state index is 0.0747. The van der Waals surface area contributed by atoms with Crippen molar-refractivity contribution in [1.29, 1.82) is 0 Å². The van der Waals surface area contributed by atoms with Crippen LogP contribution in [0.3, 0.4) is 0 Å². The van der Waals surface area contributed by atoms with Gasteiger partial charge in [-0.15, -0.1) is 0 Å². The Morgan fingerprint density at radius 3 is 2.67 bits per heavy atom. The van der Waals surface area contributed by atoms with Crippen molar-refractivity contribution in [2.75, 3.05) is 26.7 Å². The summed E-state index contributed by atoms with van der Waals surface area (Å²) in [6, 6.07) is 0. The molecule has 18 heavy (non-hydrogen) atoms. The third kappa shape index (κ3) is 6.36. The van der Waals surface area contributed by atoms with Gasteiger partial charge in [-0.25, -0.2) is 0 Å². The summed E-state index contributed by atoms with van der Waals surface area (Å²) in [5.74, 6) is 0.195. The van der Waals surface area contributed by atoms with E-state index < -0.39 is 0 Å². The average Bonchev–Trinajstić information content (AvgIpc) is 2.28. The first kappa shape index (κ1) is 15.4. The van der Waals surface area contributed by atoms with Gasteiger partial charge >= 0.3 is 0 Å². The fraction of sp³-hybridized carbons (Fsp3) is 0.929. The van der Waals surface area contributed by atoms with Gasteiger partial charge in [-0.3, -0.25) is 4.79 Å². The Balaban J connectivity index is 2.19. The van der Waals surface area contributed by atoms with Crippen molar-refractivity contribution in [3.8, 4) is 0 Å². The number of carbonyl (C=O) groups is 1. The lowest BCUT2D eigenvalue weighted by Gasteiger charge is -2.28. The van der Waals surface area contributed by atoms with E-state index in [-0.39, 0.29) is 17.6 Å². The minimum atomic E-state index is 0.0747. The van der Waals surface area contributed by atoms with Crippen molar-refractivity contribution in [3.63, 3.8) is 0 Å². The van der Waals surface area contributed by atoms with E-state index in [9.17, 15) is 4.79 Å². The highest BCUT2D eigenvalue weighted by atomic mass is 16.5. The van der Waals surface area contributed by atoms with Gasteiger partial charge in [0.05, 0.1) is 6.10 Å². The Labute approximate surface area is 111 Å². The van der Waals surface area contributed by atoms with E-state index in [0.29, 0.717) is 6.42 Å². The molecule has 0 aliphatic carbocycles. The van der Waals surface area contributed by atoms with Gasteiger partial charge in [0, 0.05) is 38.7 Å². The summed E-state index contributed by atoms with van der Waals surface area (Å²) in [7, 11) is 1.87. The van der Waals surface area contributed by atoms with Crippen molar-refractivity contribution in [1.82, 2.24) is 10.2 Å². The van der Waals surface area contributed by atoms with Crippen molar-refractivity contribution in [2.24, 2.45) is 0 Å². The van der Waals surface area contributed by atoms with Crippen LogP contribution in [0.5, 0.6) is 0 Å². The van der Waals surface area contributed by atoms with Crippen molar-refractivity contribution in [2.45, 2.75) is 58.1 Å². The van der Waals surface area contributed by atoms with Crippen LogP contribution in [-0.4, -0.2) is 49.2 Å². The monoisotopic (exact) mass is 256 g/mol. The Morgan fingerprint density at radius 1 is 1.39 bits per heavy atom. The molecule has 1 aliphatic heterocycles. The van der Waals surface area contributed by atoms with Crippen LogP contribution in [0.25, 0.3) is 0 Å². The zero-order valence-corrected chi connectivity index (χ0v) is 12.3. The molecule has 1 saturated heterocycles. The van der Waals surface area contributed by atoms with E-state index in [1.165, 1.54) is 6.42 Å². The van der Waals surface area contributed by atoms with E-state index in [4.69, 9.17) is 4.74 Å². The highest BCUT2D eigenvalue weighted by molar-refractivity contribution is 5.76. The summed E-state index contributed by atoms with van der Waals surface area (Å²) >= 11 is 0. The molecule has 1 atom stereocenters. The number of amides is 1. The molecule has 0 aromatic rings. The van der Waals surface area contributed by atoms with Gasteiger partial charge in [-0.2, -0.15) is 0 Å². The molecule has 4 nitrogen and oxygen atoms in total. The molecule has 1 heterocycles. The van der Waals surface area contributed by atoms with Crippen LogP contribution >= 0.6 is 0 Å². The molecule has 106 valence electrons. The number of carbonyl (C=O) groups excluding carboxylic acids is 1. The quantitative estimate of drug-likeness (QED) is 0.815. The van der Waals surface area contributed by atoms with Crippen LogP contribution < -0.4 is 5.32 Å². The number of likely N-dealkylation sites (N-methyl/N-ethyl adjacent to an activating group) is 1. The zero-order valence-electron chi connectivity index (χ0n) is 12.3. The maximum Gasteiger partial charge on any atom is 0.223 e. The molecule has 0 radical (unpaired) electrons. The summed E-state index contributed by atoms with van der Waals surface area (Å²) in [6.45, 7) is 8.63. The van der Waals surface area contributed by atoms with Crippen molar-refractivity contribution >= 4 is 5.91 Å². The predicted octanol–water partition coefficient (Wildman–Crippen LogP) is 1.79. The fourth-order valence-corrected chi connectivity index (χ4v) is 2.09. The number of nitrogens with one attached hydrogen (secondary N) is 1. The number of ether oxygens (including phenoxy) is 1. The van der Waals surface area contributed by atoms with Crippen LogP contribution in [0.4, 0.5) is 0 Å². The smallest absolute Gasteiger partial charge is 0.223 e. The Hall–Kier alpha value is -0.610. The molecule has 0 bridgehead atoms. The molecule has 4 heteroatoms. The third-order valence-electron chi connectivity index (χ3n) is 3.17. The summed E-state index contributed by atoms with van der Waals surface area (Å²) in [4.78, 5) is 13.7. The van der Waals surface area contributed by atoms with Gasteiger partial charge < -0.3 is 15.0 Å². The summed E-state index contributed by atoms with van der Waals surface area (Å²) < 4.78 is 5.65. The topological polar surface area (TPSA) is 41.6 Å². The maximum atomic E-state index is 11.9. The second-order valence-corrected chi connectivity index (χ2v) is 6.19. The van der Waals surface area contributed by atoms with Crippen LogP contribution in [0.1, 0.15) is 46.5 Å². The van der Waals surface area contributed by atoms with Gasteiger partial charge in [0.25, 0.3) is 0 Å². The fourth-order valence-electron chi connectivity index (χ4n) is 2.09. The number of rotatable bonds is 5. The summed E-state index contributed by atoms with van der Waals surface area (Å²) in [5, 5.41) is 3.33. The van der Waals surface area contributed by atoms with Crippen molar-refractivity contribution in [3.05, 3.63) is 0 Å². The summed E-state index contributed by atoms with van der Waals surface area (Å²) in [5.41, 5.74) is 0.0747. The van der Waals surface area contributed by atoms with Crippen LogP contribution in [-0.2, 0) is 9.53 Å². The second kappa shape index (κ2) is 7.10. The molecule has 0 saturated carbocycles. The normalized spacial score (nSPS) is 20.8. The number of nitrogens with zero attached hydrogens (tertiary/aromatic N) is 1. The van der Waals surface area contributed by atoms with Gasteiger partial charge in [0.1, 0.15) is 0 Å². The first-order valence-electron chi connectivity index (χ1n) is 6.99. The molecule has 0 aromatic heterocycles. The molecule has 1 unspecified atom stereocenters. The largest absolute Gasteiger partial charge is 0.376 e. The highest BCUT2D eigenvalue weighted by Gasteiger charge is 2.19. The molecule has 0 aromatic carbocycles. The third-order valence-corrected chi connectivity index (χ3v) is 3.17. The molecule has 1 fully saturated rings. The number of hydrogen-bond acceptors (Lipinski definition) is 3. The van der Waals surface area contributed by atoms with E-state index in [1.54, 1.807) is 4.90 Å². The maximum absolute atomic E-state index is 11.9. The predicted molar refractivity (Wildman–Crippen MR) is 73.6 cm³/mol. The van der Waals surface area contributed by atoms with Gasteiger partial charge in [-0.1, -0.05) is 0 Å². The molecule has 0 spiro atoms. The molecule has 1 amide bonds. The molecule has 1 rings (SSSR count). The molecular weight excluding hydrogens is 228 g/mol. The molecule has 1 aliphatic rings. The first-order chi connectivity index (χ1) is 8.38. The minimum Gasteiger partial charge on any atom is -0.376 e. The highest BCUT2D eigenvalue weighted by Crippen LogP contribution is 2.13. The van der Waals surface area contributed by atoms with Gasteiger partial charge in [0.15, 0.2) is 0 Å². The lowest BCUT2D eigenvalue weighted by Crippen LogP contribution is -2.41. The zero-order chi connectivity index (χ0) is 13.6. The standard InChI is InChI=1S/C14H28N2O2/c1-14(2,3)15-9-8-13(17)16(4)11-12-7-5-6-10-18-12/h12,15H,5-11H2,1-4H3. The second-order valence-electron chi connectivity index (χ2n) is 6.19. The van der Waals surface area contributed by atoms with E-state index in [1.807, 2.05) is 7.05 Å². The average molecular weight is 256 g/mol. The number of hydrogen-bond donors (Lipinski definition) is 1. The Morgan fingerprint density at radius 2 is 2.11 bits per heavy atom. The Kier molecular flexibility index (Phi) is 6.09. The van der Waals surface area contributed by atoms with Crippen LogP contribution in [0, 0.1) is 0 Å². The first-order valence-corrected chi connectivity index (χ1v) is 6.99. The van der Waals surface area contributed by atoms with E-state index >= 15 is 0 Å². The summed E-state index contributed by atoms with van der Waals surface area (Å²) in [6.07, 6.45) is 4.25. The van der Waals surface area contributed by atoms with E-state index in [0.717, 1.165) is 32.5 Å². The van der Waals surface area contributed by atoms with Crippen LogP contribution in [0.2, 0.25) is 0 Å². The SMILES string of the molecule is CN(CC1CCCCO1)C(=O)CCNC(C)(C)C. The van der Waals surface area contributed by atoms with E-state index in [2.05, 4.69) is 26.1 Å². The lowest BCUT2D eigenvalue weighted by atomic mass is 10.1. The van der Waals surface area contributed by atoms with Gasteiger partial charge in [0.2, 0.25) is 5.91 Å². The van der Waals surface area contributed by atoms with Crippen LogP contribution in [0.15, 0.2) is 0 Å². The van der Waals surface area contributed by atoms with Gasteiger partial charge in [-0.05, 0) is 40.0 Å².